The number of hydrogen-bond acceptors (Lipinski definition) is 1. The fourth-order valence-electron chi connectivity index (χ4n) is 1.44. The Balaban J connectivity index is 1.95. The highest BCUT2D eigenvalue weighted by Crippen LogP contribution is 2.13. The second-order valence-corrected chi connectivity index (χ2v) is 3.22. The van der Waals surface area contributed by atoms with Gasteiger partial charge in [-0.2, -0.15) is 0 Å². The van der Waals surface area contributed by atoms with Crippen molar-refractivity contribution in [2.75, 3.05) is 6.54 Å². The van der Waals surface area contributed by atoms with Crippen molar-refractivity contribution in [3.63, 3.8) is 0 Å². The molecule has 1 saturated heterocycles. The Morgan fingerprint density at radius 1 is 1.33 bits per heavy atom. The van der Waals surface area contributed by atoms with Gasteiger partial charge in [-0.15, -0.1) is 0 Å². The number of halogens is 1. The van der Waals surface area contributed by atoms with E-state index in [1.165, 1.54) is 5.56 Å². The molecule has 12 heavy (non-hydrogen) atoms. The zero-order valence-corrected chi connectivity index (χ0v) is 6.83. The molecule has 64 valence electrons. The minimum absolute atomic E-state index is 0.0485. The summed E-state index contributed by atoms with van der Waals surface area (Å²) in [7, 11) is 0. The normalized spacial score (nSPS) is 28.1. The zero-order chi connectivity index (χ0) is 8.39. The van der Waals surface area contributed by atoms with E-state index in [-0.39, 0.29) is 6.04 Å². The van der Waals surface area contributed by atoms with Gasteiger partial charge in [0.05, 0.1) is 0 Å². The zero-order valence-electron chi connectivity index (χ0n) is 6.83. The van der Waals surface area contributed by atoms with Crippen LogP contribution < -0.4 is 5.32 Å². The first-order valence-electron chi connectivity index (χ1n) is 4.27. The average molecular weight is 165 g/mol. The molecule has 0 amide bonds. The summed E-state index contributed by atoms with van der Waals surface area (Å²) in [6.45, 7) is 0.525. The molecule has 1 aliphatic heterocycles. The highest BCUT2D eigenvalue weighted by atomic mass is 19.1. The Kier molecular flexibility index (Phi) is 2.09. The lowest BCUT2D eigenvalue weighted by molar-refractivity contribution is 0.158. The van der Waals surface area contributed by atoms with Crippen molar-refractivity contribution < 1.29 is 4.39 Å². The van der Waals surface area contributed by atoms with Crippen LogP contribution >= 0.6 is 0 Å². The fourth-order valence-corrected chi connectivity index (χ4v) is 1.44. The lowest BCUT2D eigenvalue weighted by Gasteiger charge is -2.32. The minimum Gasteiger partial charge on any atom is -0.308 e. The molecule has 0 spiro atoms. The first-order valence-corrected chi connectivity index (χ1v) is 4.27. The minimum atomic E-state index is -0.648. The quantitative estimate of drug-likeness (QED) is 0.701. The molecular formula is C10H12FN. The third kappa shape index (κ3) is 1.48. The van der Waals surface area contributed by atoms with Gasteiger partial charge in [-0.25, -0.2) is 4.39 Å². The SMILES string of the molecule is F[C@H]1CNC1Cc1ccccc1. The van der Waals surface area contributed by atoms with Gasteiger partial charge in [-0.3, -0.25) is 0 Å². The molecule has 0 bridgehead atoms. The van der Waals surface area contributed by atoms with Gasteiger partial charge in [0.15, 0.2) is 0 Å². The molecule has 1 heterocycles. The standard InChI is InChI=1S/C10H12FN/c11-9-7-12-10(9)6-8-4-2-1-3-5-8/h1-5,9-10,12H,6-7H2/t9-,10?/m0/s1. The molecule has 0 aromatic heterocycles. The fraction of sp³-hybridized carbons (Fsp3) is 0.400. The van der Waals surface area contributed by atoms with E-state index in [4.69, 9.17) is 0 Å². The van der Waals surface area contributed by atoms with Crippen molar-refractivity contribution in [3.8, 4) is 0 Å². The molecule has 1 nitrogen and oxygen atoms in total. The maximum Gasteiger partial charge on any atom is 0.128 e. The van der Waals surface area contributed by atoms with Crippen LogP contribution in [0.2, 0.25) is 0 Å². The smallest absolute Gasteiger partial charge is 0.128 e. The van der Waals surface area contributed by atoms with E-state index >= 15 is 0 Å². The largest absolute Gasteiger partial charge is 0.308 e. The Hall–Kier alpha value is -0.890. The Labute approximate surface area is 71.6 Å². The van der Waals surface area contributed by atoms with Crippen LogP contribution in [0.5, 0.6) is 0 Å². The van der Waals surface area contributed by atoms with Crippen LogP contribution in [0.15, 0.2) is 30.3 Å². The second-order valence-electron chi connectivity index (χ2n) is 3.22. The monoisotopic (exact) mass is 165 g/mol. The van der Waals surface area contributed by atoms with Crippen LogP contribution in [0.3, 0.4) is 0 Å². The summed E-state index contributed by atoms with van der Waals surface area (Å²) in [6, 6.07) is 10.1. The molecule has 0 radical (unpaired) electrons. The third-order valence-electron chi connectivity index (χ3n) is 2.31. The van der Waals surface area contributed by atoms with E-state index in [1.54, 1.807) is 0 Å². The maximum absolute atomic E-state index is 12.8. The number of hydrogen-bond donors (Lipinski definition) is 1. The van der Waals surface area contributed by atoms with Gasteiger partial charge in [0, 0.05) is 12.6 Å². The number of nitrogens with one attached hydrogen (secondary N) is 1. The third-order valence-corrected chi connectivity index (χ3v) is 2.31. The molecule has 1 aromatic rings. The van der Waals surface area contributed by atoms with Crippen LogP contribution in [0.1, 0.15) is 5.56 Å². The first-order chi connectivity index (χ1) is 5.86. The van der Waals surface area contributed by atoms with Gasteiger partial charge in [0.25, 0.3) is 0 Å². The molecule has 1 aliphatic rings. The Morgan fingerprint density at radius 3 is 2.58 bits per heavy atom. The van der Waals surface area contributed by atoms with Gasteiger partial charge in [-0.1, -0.05) is 30.3 Å². The predicted molar refractivity (Wildman–Crippen MR) is 46.8 cm³/mol. The average Bonchev–Trinajstić information content (AvgIpc) is 2.14. The molecule has 1 aromatic carbocycles. The van der Waals surface area contributed by atoms with Crippen molar-refractivity contribution in [1.82, 2.24) is 5.32 Å². The van der Waals surface area contributed by atoms with Gasteiger partial charge in [-0.05, 0) is 12.0 Å². The molecule has 1 N–H and O–H groups in total. The summed E-state index contributed by atoms with van der Waals surface area (Å²) in [6.07, 6.45) is 0.160. The van der Waals surface area contributed by atoms with Crippen molar-refractivity contribution in [2.45, 2.75) is 18.6 Å². The molecule has 2 atom stereocenters. The topological polar surface area (TPSA) is 12.0 Å². The van der Waals surface area contributed by atoms with Crippen molar-refractivity contribution in [1.29, 1.82) is 0 Å². The van der Waals surface area contributed by atoms with E-state index < -0.39 is 6.17 Å². The molecule has 0 saturated carbocycles. The summed E-state index contributed by atoms with van der Waals surface area (Å²) >= 11 is 0. The van der Waals surface area contributed by atoms with E-state index in [0.29, 0.717) is 6.54 Å². The van der Waals surface area contributed by atoms with Crippen LogP contribution in [0.4, 0.5) is 4.39 Å². The predicted octanol–water partition coefficient (Wildman–Crippen LogP) is 1.54. The molecule has 0 aliphatic carbocycles. The maximum atomic E-state index is 12.8. The summed E-state index contributed by atoms with van der Waals surface area (Å²) in [5.74, 6) is 0. The Morgan fingerprint density at radius 2 is 2.08 bits per heavy atom. The van der Waals surface area contributed by atoms with Crippen LogP contribution in [0.25, 0.3) is 0 Å². The van der Waals surface area contributed by atoms with Gasteiger partial charge >= 0.3 is 0 Å². The second kappa shape index (κ2) is 3.23. The van der Waals surface area contributed by atoms with Crippen molar-refractivity contribution >= 4 is 0 Å². The van der Waals surface area contributed by atoms with Crippen LogP contribution in [-0.4, -0.2) is 18.8 Å². The summed E-state index contributed by atoms with van der Waals surface area (Å²) in [5.41, 5.74) is 1.21. The van der Waals surface area contributed by atoms with E-state index in [2.05, 4.69) is 5.32 Å². The number of benzene rings is 1. The van der Waals surface area contributed by atoms with Crippen LogP contribution in [-0.2, 0) is 6.42 Å². The summed E-state index contributed by atoms with van der Waals surface area (Å²) in [4.78, 5) is 0. The molecular weight excluding hydrogens is 153 g/mol. The van der Waals surface area contributed by atoms with E-state index in [1.807, 2.05) is 30.3 Å². The summed E-state index contributed by atoms with van der Waals surface area (Å²) < 4.78 is 12.8. The first kappa shape index (κ1) is 7.74. The molecule has 2 heteroatoms. The van der Waals surface area contributed by atoms with Gasteiger partial charge < -0.3 is 5.32 Å². The van der Waals surface area contributed by atoms with E-state index in [0.717, 1.165) is 6.42 Å². The lowest BCUT2D eigenvalue weighted by Crippen LogP contribution is -2.55. The molecule has 1 fully saturated rings. The van der Waals surface area contributed by atoms with E-state index in [9.17, 15) is 4.39 Å². The van der Waals surface area contributed by atoms with Crippen molar-refractivity contribution in [2.24, 2.45) is 0 Å². The van der Waals surface area contributed by atoms with Gasteiger partial charge in [0.1, 0.15) is 6.17 Å². The summed E-state index contributed by atoms with van der Waals surface area (Å²) in [5, 5.41) is 3.07. The highest BCUT2D eigenvalue weighted by Gasteiger charge is 2.29. The van der Waals surface area contributed by atoms with Crippen molar-refractivity contribution in [3.05, 3.63) is 35.9 Å². The Bertz CT molecular complexity index is 247. The molecule has 1 unspecified atom stereocenters. The number of rotatable bonds is 2. The number of alkyl halides is 1. The molecule has 2 rings (SSSR count). The van der Waals surface area contributed by atoms with Gasteiger partial charge in [0.2, 0.25) is 0 Å². The van der Waals surface area contributed by atoms with Crippen LogP contribution in [0, 0.1) is 0 Å². The lowest BCUT2D eigenvalue weighted by atomic mass is 9.97. The highest BCUT2D eigenvalue weighted by molar-refractivity contribution is 5.17.